The van der Waals surface area contributed by atoms with Crippen LogP contribution in [0.4, 0.5) is 5.82 Å². The molecule has 0 unspecified atom stereocenters. The molecule has 23 heavy (non-hydrogen) atoms. The molecule has 2 N–H and O–H groups in total. The van der Waals surface area contributed by atoms with Gasteiger partial charge in [-0.25, -0.2) is 4.98 Å². The molecule has 0 spiro atoms. The quantitative estimate of drug-likeness (QED) is 0.771. The molecule has 3 aromatic heterocycles. The molecule has 7 nitrogen and oxygen atoms in total. The zero-order chi connectivity index (χ0) is 16.6. The molecule has 3 rings (SSSR count). The second-order valence-corrected chi connectivity index (χ2v) is 6.03. The van der Waals surface area contributed by atoms with Gasteiger partial charge in [0.15, 0.2) is 0 Å². The molecule has 0 atom stereocenters. The molecule has 0 aromatic carbocycles. The van der Waals surface area contributed by atoms with E-state index in [2.05, 4.69) is 20.4 Å². The molecular formula is C15H15N5O2S. The van der Waals surface area contributed by atoms with Crippen LogP contribution in [0.3, 0.4) is 0 Å². The van der Waals surface area contributed by atoms with E-state index in [9.17, 15) is 9.59 Å². The number of nitrogens with one attached hydrogen (secondary N) is 2. The van der Waals surface area contributed by atoms with Crippen molar-refractivity contribution in [1.29, 1.82) is 0 Å². The van der Waals surface area contributed by atoms with Crippen LogP contribution in [0.5, 0.6) is 0 Å². The lowest BCUT2D eigenvalue weighted by molar-refractivity contribution is -0.114. The summed E-state index contributed by atoms with van der Waals surface area (Å²) in [6.45, 7) is 4.88. The number of hydrogen-bond acceptors (Lipinski definition) is 5. The van der Waals surface area contributed by atoms with Gasteiger partial charge in [0, 0.05) is 24.2 Å². The number of nitrogens with zero attached hydrogens (tertiary/aromatic N) is 3. The number of thiophene rings is 1. The molecule has 8 heteroatoms. The fourth-order valence-corrected chi connectivity index (χ4v) is 2.77. The van der Waals surface area contributed by atoms with Gasteiger partial charge in [0.05, 0.1) is 4.88 Å². The van der Waals surface area contributed by atoms with Gasteiger partial charge in [-0.1, -0.05) is 6.07 Å². The first-order valence-corrected chi connectivity index (χ1v) is 7.83. The van der Waals surface area contributed by atoms with E-state index >= 15 is 0 Å². The number of hydrogen-bond donors (Lipinski definition) is 2. The highest BCUT2D eigenvalue weighted by Gasteiger charge is 2.15. The Balaban J connectivity index is 2.17. The number of carbonyl (C=O) groups excluding carboxylic acids is 1. The maximum Gasteiger partial charge on any atom is 0.255 e. The van der Waals surface area contributed by atoms with Gasteiger partial charge in [-0.3, -0.25) is 14.6 Å². The van der Waals surface area contributed by atoms with Crippen molar-refractivity contribution in [3.05, 3.63) is 45.2 Å². The summed E-state index contributed by atoms with van der Waals surface area (Å²) in [7, 11) is 0. The molecule has 1 amide bonds. The molecule has 0 fully saturated rings. The molecule has 0 aliphatic rings. The van der Waals surface area contributed by atoms with Crippen LogP contribution < -0.4 is 10.9 Å². The van der Waals surface area contributed by atoms with Crippen LogP contribution in [0.15, 0.2) is 28.4 Å². The van der Waals surface area contributed by atoms with Gasteiger partial charge >= 0.3 is 0 Å². The summed E-state index contributed by atoms with van der Waals surface area (Å²) in [5, 5.41) is 9.13. The van der Waals surface area contributed by atoms with Crippen LogP contribution in [0.25, 0.3) is 16.5 Å². The van der Waals surface area contributed by atoms with Crippen LogP contribution in [0.2, 0.25) is 0 Å². The molecule has 0 saturated carbocycles. The summed E-state index contributed by atoms with van der Waals surface area (Å²) in [6, 6.07) is 5.61. The second kappa shape index (κ2) is 5.81. The number of amides is 1. The van der Waals surface area contributed by atoms with Gasteiger partial charge in [-0.15, -0.1) is 11.3 Å². The summed E-state index contributed by atoms with van der Waals surface area (Å²) in [5.41, 5.74) is 1.64. The van der Waals surface area contributed by atoms with Gasteiger partial charge in [0.1, 0.15) is 11.5 Å². The van der Waals surface area contributed by atoms with Crippen LogP contribution in [-0.2, 0) is 4.79 Å². The van der Waals surface area contributed by atoms with Crippen molar-refractivity contribution in [2.24, 2.45) is 0 Å². The third-order valence-corrected chi connectivity index (χ3v) is 4.26. The Hall–Kier alpha value is -2.74. The topological polar surface area (TPSA) is 92.7 Å². The number of carbonyl (C=O) groups is 1. The first-order valence-electron chi connectivity index (χ1n) is 6.95. The Bertz CT molecular complexity index is 924. The second-order valence-electron chi connectivity index (χ2n) is 5.09. The number of aryl methyl sites for hydroxylation is 1. The van der Waals surface area contributed by atoms with Crippen LogP contribution in [0.1, 0.15) is 18.2 Å². The monoisotopic (exact) mass is 329 g/mol. The molecule has 0 aliphatic heterocycles. The number of aromatic nitrogens is 4. The Morgan fingerprint density at radius 2 is 2.17 bits per heavy atom. The lowest BCUT2D eigenvalue weighted by Gasteiger charge is -2.07. The van der Waals surface area contributed by atoms with Crippen LogP contribution >= 0.6 is 11.3 Å². The Morgan fingerprint density at radius 1 is 1.39 bits per heavy atom. The SMILES string of the molecule is CC(=O)Nc1cc(-c2cccs2)nn1-c1nc(C)c(C)c(=O)[nH]1. The first-order chi connectivity index (χ1) is 11.0. The maximum absolute atomic E-state index is 12.0. The van der Waals surface area contributed by atoms with Gasteiger partial charge in [-0.2, -0.15) is 9.78 Å². The third-order valence-electron chi connectivity index (χ3n) is 3.37. The summed E-state index contributed by atoms with van der Waals surface area (Å²) < 4.78 is 1.43. The lowest BCUT2D eigenvalue weighted by atomic mass is 10.3. The fourth-order valence-electron chi connectivity index (χ4n) is 2.09. The average Bonchev–Trinajstić information content (AvgIpc) is 3.12. The smallest absolute Gasteiger partial charge is 0.255 e. The Morgan fingerprint density at radius 3 is 2.78 bits per heavy atom. The Labute approximate surface area is 136 Å². The molecule has 0 bridgehead atoms. The fraction of sp³-hybridized carbons (Fsp3) is 0.200. The summed E-state index contributed by atoms with van der Waals surface area (Å²) in [4.78, 5) is 31.4. The van der Waals surface area contributed by atoms with Gasteiger partial charge < -0.3 is 5.32 Å². The van der Waals surface area contributed by atoms with Crippen LogP contribution in [-0.4, -0.2) is 25.7 Å². The number of anilines is 1. The number of H-pyrrole nitrogens is 1. The number of aromatic amines is 1. The zero-order valence-corrected chi connectivity index (χ0v) is 13.7. The van der Waals surface area contributed by atoms with E-state index in [1.807, 2.05) is 17.5 Å². The van der Waals surface area contributed by atoms with E-state index < -0.39 is 0 Å². The minimum absolute atomic E-state index is 0.227. The first kappa shape index (κ1) is 15.2. The van der Waals surface area contributed by atoms with E-state index in [4.69, 9.17) is 0 Å². The van der Waals surface area contributed by atoms with Crippen molar-refractivity contribution >= 4 is 23.1 Å². The highest BCUT2D eigenvalue weighted by Crippen LogP contribution is 2.27. The largest absolute Gasteiger partial charge is 0.311 e. The lowest BCUT2D eigenvalue weighted by Crippen LogP contribution is -2.20. The molecular weight excluding hydrogens is 314 g/mol. The van der Waals surface area contributed by atoms with E-state index in [0.717, 1.165) is 4.88 Å². The summed E-state index contributed by atoms with van der Waals surface area (Å²) in [6.07, 6.45) is 0. The molecule has 3 heterocycles. The molecule has 0 radical (unpaired) electrons. The normalized spacial score (nSPS) is 10.7. The zero-order valence-electron chi connectivity index (χ0n) is 12.9. The van der Waals surface area contributed by atoms with Gasteiger partial charge in [0.25, 0.3) is 5.56 Å². The number of rotatable bonds is 3. The maximum atomic E-state index is 12.0. The molecule has 0 saturated heterocycles. The van der Waals surface area contributed by atoms with Crippen LogP contribution in [0, 0.1) is 13.8 Å². The minimum Gasteiger partial charge on any atom is -0.311 e. The van der Waals surface area contributed by atoms with Crippen molar-refractivity contribution in [1.82, 2.24) is 19.7 Å². The highest BCUT2D eigenvalue weighted by molar-refractivity contribution is 7.13. The minimum atomic E-state index is -0.227. The average molecular weight is 329 g/mol. The molecule has 0 aliphatic carbocycles. The van der Waals surface area contributed by atoms with E-state index in [-0.39, 0.29) is 17.4 Å². The van der Waals surface area contributed by atoms with E-state index in [1.165, 1.54) is 11.6 Å². The van der Waals surface area contributed by atoms with Gasteiger partial charge in [0.2, 0.25) is 11.9 Å². The predicted molar refractivity (Wildman–Crippen MR) is 89.1 cm³/mol. The predicted octanol–water partition coefficient (Wildman–Crippen LogP) is 2.26. The van der Waals surface area contributed by atoms with Crippen molar-refractivity contribution < 1.29 is 4.79 Å². The van der Waals surface area contributed by atoms with E-state index in [1.54, 1.807) is 31.3 Å². The van der Waals surface area contributed by atoms with Crippen molar-refractivity contribution in [2.75, 3.05) is 5.32 Å². The van der Waals surface area contributed by atoms with E-state index in [0.29, 0.717) is 22.8 Å². The third kappa shape index (κ3) is 2.93. The van der Waals surface area contributed by atoms with Gasteiger partial charge in [-0.05, 0) is 25.3 Å². The standard InChI is InChI=1S/C15H15N5O2S/c1-8-9(2)16-15(18-14(8)22)20-13(17-10(3)21)7-11(19-20)12-5-4-6-23-12/h4-7H,1-3H3,(H,17,21)(H,16,18,22). The molecule has 118 valence electrons. The summed E-state index contributed by atoms with van der Waals surface area (Å²) in [5.74, 6) is 0.493. The van der Waals surface area contributed by atoms with Crippen molar-refractivity contribution in [2.45, 2.75) is 20.8 Å². The summed E-state index contributed by atoms with van der Waals surface area (Å²) >= 11 is 1.54. The van der Waals surface area contributed by atoms with Crippen molar-refractivity contribution in [3.63, 3.8) is 0 Å². The Kier molecular flexibility index (Phi) is 3.83. The highest BCUT2D eigenvalue weighted by atomic mass is 32.1. The molecule has 3 aromatic rings. The van der Waals surface area contributed by atoms with Crippen molar-refractivity contribution in [3.8, 4) is 16.5 Å².